The predicted octanol–water partition coefficient (Wildman–Crippen LogP) is 5.49. The molecule has 0 heterocycles. The molecule has 0 aromatic heterocycles. The molecule has 0 fully saturated rings. The highest BCUT2D eigenvalue weighted by Crippen LogP contribution is 2.27. The largest absolute Gasteiger partial charge is 0.354 e. The lowest BCUT2D eigenvalue weighted by Crippen LogP contribution is -2.49. The molecule has 2 aromatic rings. The minimum Gasteiger partial charge on any atom is -0.354 e. The maximum Gasteiger partial charge on any atom is 0.242 e. The van der Waals surface area contributed by atoms with E-state index in [1.165, 1.54) is 5.56 Å². The van der Waals surface area contributed by atoms with E-state index in [4.69, 9.17) is 23.2 Å². The zero-order valence-electron chi connectivity index (χ0n) is 18.1. The number of hydrogen-bond acceptors (Lipinski definition) is 2. The summed E-state index contributed by atoms with van der Waals surface area (Å²) in [5, 5.41) is 3.88. The van der Waals surface area contributed by atoms with Crippen molar-refractivity contribution in [2.75, 3.05) is 6.54 Å². The van der Waals surface area contributed by atoms with Gasteiger partial charge >= 0.3 is 0 Å². The summed E-state index contributed by atoms with van der Waals surface area (Å²) in [6, 6.07) is 10.6. The Balaban J connectivity index is 2.36. The van der Waals surface area contributed by atoms with E-state index >= 15 is 0 Å². The average molecular weight is 449 g/mol. The number of benzene rings is 2. The molecule has 0 saturated carbocycles. The van der Waals surface area contributed by atoms with Crippen molar-refractivity contribution in [2.24, 2.45) is 0 Å². The molecular weight excluding hydrogens is 419 g/mol. The molecule has 1 atom stereocenters. The van der Waals surface area contributed by atoms with Crippen LogP contribution in [-0.2, 0) is 22.6 Å². The molecular formula is C24H30Cl2N2O2. The number of nitrogens with one attached hydrogen (secondary N) is 1. The van der Waals surface area contributed by atoms with Crippen molar-refractivity contribution >= 4 is 35.0 Å². The average Bonchev–Trinajstić information content (AvgIpc) is 2.71. The fourth-order valence-corrected chi connectivity index (χ4v) is 3.85. The third-order valence-electron chi connectivity index (χ3n) is 5.25. The van der Waals surface area contributed by atoms with E-state index in [1.54, 1.807) is 23.1 Å². The van der Waals surface area contributed by atoms with Crippen molar-refractivity contribution in [2.45, 2.75) is 59.5 Å². The van der Waals surface area contributed by atoms with E-state index in [0.717, 1.165) is 17.5 Å². The van der Waals surface area contributed by atoms with Crippen molar-refractivity contribution in [3.05, 3.63) is 68.7 Å². The molecule has 0 aliphatic carbocycles. The lowest BCUT2D eigenvalue weighted by atomic mass is 10.0. The second-order valence-electron chi connectivity index (χ2n) is 7.53. The highest BCUT2D eigenvalue weighted by molar-refractivity contribution is 6.36. The highest BCUT2D eigenvalue weighted by Gasteiger charge is 2.29. The molecule has 2 rings (SSSR count). The zero-order valence-corrected chi connectivity index (χ0v) is 19.6. The Labute approximate surface area is 189 Å². The van der Waals surface area contributed by atoms with Crippen LogP contribution in [0.4, 0.5) is 0 Å². The molecule has 6 heteroatoms. The van der Waals surface area contributed by atoms with Crippen LogP contribution in [0.3, 0.4) is 0 Å². The van der Waals surface area contributed by atoms with Crippen LogP contribution in [0.2, 0.25) is 10.0 Å². The van der Waals surface area contributed by atoms with Crippen LogP contribution in [0, 0.1) is 13.8 Å². The third-order valence-corrected chi connectivity index (χ3v) is 5.96. The van der Waals surface area contributed by atoms with E-state index < -0.39 is 6.04 Å². The van der Waals surface area contributed by atoms with Crippen LogP contribution in [0.5, 0.6) is 0 Å². The van der Waals surface area contributed by atoms with E-state index in [-0.39, 0.29) is 24.8 Å². The number of amides is 2. The van der Waals surface area contributed by atoms with Crippen molar-refractivity contribution in [1.29, 1.82) is 0 Å². The lowest BCUT2D eigenvalue weighted by Gasteiger charge is -2.31. The first kappa shape index (κ1) is 24.2. The minimum absolute atomic E-state index is 0.132. The normalized spacial score (nSPS) is 11.8. The van der Waals surface area contributed by atoms with Gasteiger partial charge in [0, 0.05) is 28.7 Å². The van der Waals surface area contributed by atoms with Crippen LogP contribution in [0.1, 0.15) is 48.9 Å². The van der Waals surface area contributed by atoms with Crippen molar-refractivity contribution in [3.8, 4) is 0 Å². The number of halogens is 2. The van der Waals surface area contributed by atoms with Crippen molar-refractivity contribution < 1.29 is 9.59 Å². The van der Waals surface area contributed by atoms with Gasteiger partial charge in [0.1, 0.15) is 6.04 Å². The first-order valence-electron chi connectivity index (χ1n) is 10.3. The fourth-order valence-electron chi connectivity index (χ4n) is 3.33. The molecule has 30 heavy (non-hydrogen) atoms. The third kappa shape index (κ3) is 6.23. The van der Waals surface area contributed by atoms with Crippen molar-refractivity contribution in [1.82, 2.24) is 10.2 Å². The molecule has 2 amide bonds. The van der Waals surface area contributed by atoms with Gasteiger partial charge in [0.2, 0.25) is 11.8 Å². The van der Waals surface area contributed by atoms with Crippen molar-refractivity contribution in [3.63, 3.8) is 0 Å². The zero-order chi connectivity index (χ0) is 22.3. The standard InChI is InChI=1S/C24H30Cl2N2O2/c1-5-12-27-24(30)22(6-2)28(15-19-20(25)8-7-9-21(19)26)23(29)14-18-11-10-16(3)17(4)13-18/h7-11,13,22H,5-6,12,14-15H2,1-4H3,(H,27,30). The summed E-state index contributed by atoms with van der Waals surface area (Å²) in [6.07, 6.45) is 1.53. The summed E-state index contributed by atoms with van der Waals surface area (Å²) in [5.74, 6) is -0.288. The molecule has 0 spiro atoms. The summed E-state index contributed by atoms with van der Waals surface area (Å²) >= 11 is 12.7. The quantitative estimate of drug-likeness (QED) is 0.551. The molecule has 0 saturated heterocycles. The molecule has 0 bridgehead atoms. The summed E-state index contributed by atoms with van der Waals surface area (Å²) in [4.78, 5) is 27.8. The molecule has 162 valence electrons. The Morgan fingerprint density at radius 3 is 2.27 bits per heavy atom. The number of rotatable bonds is 9. The summed E-state index contributed by atoms with van der Waals surface area (Å²) in [7, 11) is 0. The fraction of sp³-hybridized carbons (Fsp3) is 0.417. The lowest BCUT2D eigenvalue weighted by molar-refractivity contribution is -0.140. The monoisotopic (exact) mass is 448 g/mol. The Morgan fingerprint density at radius 2 is 1.70 bits per heavy atom. The van der Waals surface area contributed by atoms with E-state index in [9.17, 15) is 9.59 Å². The first-order chi connectivity index (χ1) is 14.3. The smallest absolute Gasteiger partial charge is 0.242 e. The molecule has 4 nitrogen and oxygen atoms in total. The molecule has 1 N–H and O–H groups in total. The summed E-state index contributed by atoms with van der Waals surface area (Å²) in [5.41, 5.74) is 3.88. The van der Waals surface area contributed by atoms with Gasteiger partial charge in [-0.1, -0.05) is 61.3 Å². The Bertz CT molecular complexity index is 879. The second-order valence-corrected chi connectivity index (χ2v) is 8.35. The summed E-state index contributed by atoms with van der Waals surface area (Å²) in [6.45, 7) is 8.71. The van der Waals surface area contributed by atoms with E-state index in [0.29, 0.717) is 28.6 Å². The van der Waals surface area contributed by atoms with Gasteiger partial charge < -0.3 is 10.2 Å². The Morgan fingerprint density at radius 1 is 1.03 bits per heavy atom. The molecule has 0 radical (unpaired) electrons. The van der Waals surface area contributed by atoms with Crippen LogP contribution in [0.25, 0.3) is 0 Å². The van der Waals surface area contributed by atoms with Gasteiger partial charge in [0.05, 0.1) is 6.42 Å². The van der Waals surface area contributed by atoms with Gasteiger partial charge in [-0.15, -0.1) is 0 Å². The van der Waals surface area contributed by atoms with Gasteiger partial charge in [-0.05, 0) is 55.5 Å². The first-order valence-corrected chi connectivity index (χ1v) is 11.1. The molecule has 0 aliphatic rings. The van der Waals surface area contributed by atoms with Gasteiger partial charge in [-0.3, -0.25) is 9.59 Å². The Hall–Kier alpha value is -2.04. The maximum absolute atomic E-state index is 13.4. The maximum atomic E-state index is 13.4. The van der Waals surface area contributed by atoms with Crippen LogP contribution in [-0.4, -0.2) is 29.3 Å². The van der Waals surface area contributed by atoms with E-state index in [2.05, 4.69) is 5.32 Å². The highest BCUT2D eigenvalue weighted by atomic mass is 35.5. The van der Waals surface area contributed by atoms with Gasteiger partial charge in [-0.25, -0.2) is 0 Å². The number of nitrogens with zero attached hydrogens (tertiary/aromatic N) is 1. The van der Waals surface area contributed by atoms with Gasteiger partial charge in [0.25, 0.3) is 0 Å². The number of carbonyl (C=O) groups excluding carboxylic acids is 2. The summed E-state index contributed by atoms with van der Waals surface area (Å²) < 4.78 is 0. The Kier molecular flexibility index (Phi) is 9.19. The number of carbonyl (C=O) groups is 2. The van der Waals surface area contributed by atoms with Crippen LogP contribution in [0.15, 0.2) is 36.4 Å². The van der Waals surface area contributed by atoms with Gasteiger partial charge in [-0.2, -0.15) is 0 Å². The number of aryl methyl sites for hydroxylation is 2. The van der Waals surface area contributed by atoms with Crippen LogP contribution < -0.4 is 5.32 Å². The SMILES string of the molecule is CCCNC(=O)C(CC)N(Cc1c(Cl)cccc1Cl)C(=O)Cc1ccc(C)c(C)c1. The predicted molar refractivity (Wildman–Crippen MR) is 124 cm³/mol. The number of hydrogen-bond donors (Lipinski definition) is 1. The second kappa shape index (κ2) is 11.4. The molecule has 2 aromatic carbocycles. The molecule has 0 aliphatic heterocycles. The van der Waals surface area contributed by atoms with Crippen LogP contribution >= 0.6 is 23.2 Å². The van der Waals surface area contributed by atoms with Gasteiger partial charge in [0.15, 0.2) is 0 Å². The minimum atomic E-state index is -0.595. The molecule has 1 unspecified atom stereocenters. The van der Waals surface area contributed by atoms with E-state index in [1.807, 2.05) is 45.9 Å². The topological polar surface area (TPSA) is 49.4 Å².